The first-order chi connectivity index (χ1) is 8.31. The molecular weight excluding hydrogens is 216 g/mol. The lowest BCUT2D eigenvalue weighted by Crippen LogP contribution is -2.08. The summed E-state index contributed by atoms with van der Waals surface area (Å²) in [5.41, 5.74) is 2.03. The van der Waals surface area contributed by atoms with Crippen LogP contribution < -0.4 is 5.32 Å². The van der Waals surface area contributed by atoms with Crippen molar-refractivity contribution in [3.05, 3.63) is 29.9 Å². The Hall–Kier alpha value is -1.75. The molecule has 1 N–H and O–H groups in total. The van der Waals surface area contributed by atoms with E-state index in [4.69, 9.17) is 4.52 Å². The second-order valence-corrected chi connectivity index (χ2v) is 3.91. The van der Waals surface area contributed by atoms with Gasteiger partial charge in [-0.05, 0) is 38.6 Å². The van der Waals surface area contributed by atoms with Gasteiger partial charge in [0.2, 0.25) is 11.7 Å². The lowest BCUT2D eigenvalue weighted by Gasteiger charge is -1.97. The van der Waals surface area contributed by atoms with E-state index in [1.54, 1.807) is 12.4 Å². The van der Waals surface area contributed by atoms with Gasteiger partial charge in [0.05, 0.1) is 0 Å². The lowest BCUT2D eigenvalue weighted by atomic mass is 10.1. The Morgan fingerprint density at radius 3 is 3.06 bits per heavy atom. The summed E-state index contributed by atoms with van der Waals surface area (Å²) in [6.07, 6.45) is 5.31. The van der Waals surface area contributed by atoms with E-state index >= 15 is 0 Å². The molecule has 17 heavy (non-hydrogen) atoms. The zero-order chi connectivity index (χ0) is 12.1. The summed E-state index contributed by atoms with van der Waals surface area (Å²) in [6, 6.07) is 1.94. The fourth-order valence-electron chi connectivity index (χ4n) is 1.58. The summed E-state index contributed by atoms with van der Waals surface area (Å²) in [5.74, 6) is 1.30. The third-order valence-electron chi connectivity index (χ3n) is 2.57. The normalized spacial score (nSPS) is 10.7. The smallest absolute Gasteiger partial charge is 0.227 e. The molecule has 90 valence electrons. The van der Waals surface area contributed by atoms with E-state index in [-0.39, 0.29) is 0 Å². The van der Waals surface area contributed by atoms with Crippen molar-refractivity contribution < 1.29 is 4.52 Å². The summed E-state index contributed by atoms with van der Waals surface area (Å²) < 4.78 is 5.20. The molecular formula is C12H16N4O. The highest BCUT2D eigenvalue weighted by atomic mass is 16.5. The van der Waals surface area contributed by atoms with Crippen molar-refractivity contribution in [2.45, 2.75) is 19.8 Å². The SMILES string of the molecule is CNCCCc1nc(-c2cnccc2C)no1. The van der Waals surface area contributed by atoms with Crippen LogP contribution in [0.3, 0.4) is 0 Å². The Morgan fingerprint density at radius 2 is 2.29 bits per heavy atom. The van der Waals surface area contributed by atoms with Crippen molar-refractivity contribution in [2.75, 3.05) is 13.6 Å². The molecule has 5 nitrogen and oxygen atoms in total. The molecule has 0 saturated carbocycles. The fraction of sp³-hybridized carbons (Fsp3) is 0.417. The predicted molar refractivity (Wildman–Crippen MR) is 64.5 cm³/mol. The summed E-state index contributed by atoms with van der Waals surface area (Å²) in [7, 11) is 1.93. The van der Waals surface area contributed by atoms with E-state index in [0.717, 1.165) is 30.5 Å². The van der Waals surface area contributed by atoms with Crippen molar-refractivity contribution in [1.29, 1.82) is 0 Å². The van der Waals surface area contributed by atoms with Crippen LogP contribution in [0, 0.1) is 6.92 Å². The molecule has 2 rings (SSSR count). The molecule has 0 aromatic carbocycles. The van der Waals surface area contributed by atoms with Gasteiger partial charge in [-0.1, -0.05) is 5.16 Å². The van der Waals surface area contributed by atoms with Crippen molar-refractivity contribution in [3.8, 4) is 11.4 Å². The monoisotopic (exact) mass is 232 g/mol. The van der Waals surface area contributed by atoms with Gasteiger partial charge >= 0.3 is 0 Å². The molecule has 2 aromatic rings. The van der Waals surface area contributed by atoms with Crippen LogP contribution in [0.25, 0.3) is 11.4 Å². The number of nitrogens with zero attached hydrogens (tertiary/aromatic N) is 3. The van der Waals surface area contributed by atoms with Crippen LogP contribution in [0.15, 0.2) is 23.0 Å². The van der Waals surface area contributed by atoms with E-state index < -0.39 is 0 Å². The van der Waals surface area contributed by atoms with Crippen LogP contribution in [-0.4, -0.2) is 28.7 Å². The number of hydrogen-bond donors (Lipinski definition) is 1. The zero-order valence-corrected chi connectivity index (χ0v) is 10.1. The minimum atomic E-state index is 0.620. The molecule has 0 aliphatic heterocycles. The van der Waals surface area contributed by atoms with Crippen molar-refractivity contribution >= 4 is 0 Å². The molecule has 0 atom stereocenters. The van der Waals surface area contributed by atoms with Gasteiger partial charge in [-0.2, -0.15) is 4.98 Å². The summed E-state index contributed by atoms with van der Waals surface area (Å²) in [6.45, 7) is 2.96. The molecule has 2 aromatic heterocycles. The molecule has 0 fully saturated rings. The number of rotatable bonds is 5. The van der Waals surface area contributed by atoms with Gasteiger partial charge in [0, 0.05) is 24.4 Å². The van der Waals surface area contributed by atoms with Crippen LogP contribution in [0.1, 0.15) is 17.9 Å². The number of aryl methyl sites for hydroxylation is 2. The average Bonchev–Trinajstić information content (AvgIpc) is 2.79. The first-order valence-corrected chi connectivity index (χ1v) is 5.69. The second-order valence-electron chi connectivity index (χ2n) is 3.91. The van der Waals surface area contributed by atoms with Crippen LogP contribution in [0.2, 0.25) is 0 Å². The minimum absolute atomic E-state index is 0.620. The van der Waals surface area contributed by atoms with E-state index in [1.165, 1.54) is 0 Å². The highest BCUT2D eigenvalue weighted by Crippen LogP contribution is 2.18. The van der Waals surface area contributed by atoms with Gasteiger partial charge in [0.1, 0.15) is 0 Å². The number of hydrogen-bond acceptors (Lipinski definition) is 5. The van der Waals surface area contributed by atoms with E-state index in [0.29, 0.717) is 11.7 Å². The maximum atomic E-state index is 5.20. The Balaban J connectivity index is 2.10. The molecule has 0 amide bonds. The molecule has 0 aliphatic rings. The maximum Gasteiger partial charge on any atom is 0.227 e. The van der Waals surface area contributed by atoms with E-state index in [1.807, 2.05) is 20.0 Å². The largest absolute Gasteiger partial charge is 0.339 e. The van der Waals surface area contributed by atoms with Gasteiger partial charge in [-0.3, -0.25) is 4.98 Å². The highest BCUT2D eigenvalue weighted by molar-refractivity contribution is 5.57. The number of nitrogens with one attached hydrogen (secondary N) is 1. The van der Waals surface area contributed by atoms with Crippen LogP contribution in [0.5, 0.6) is 0 Å². The maximum absolute atomic E-state index is 5.20. The topological polar surface area (TPSA) is 63.8 Å². The third-order valence-corrected chi connectivity index (χ3v) is 2.57. The quantitative estimate of drug-likeness (QED) is 0.793. The molecule has 0 aliphatic carbocycles. The summed E-state index contributed by atoms with van der Waals surface area (Å²) in [4.78, 5) is 8.44. The minimum Gasteiger partial charge on any atom is -0.339 e. The molecule has 0 bridgehead atoms. The first-order valence-electron chi connectivity index (χ1n) is 5.69. The molecule has 0 spiro atoms. The molecule has 0 radical (unpaired) electrons. The predicted octanol–water partition coefficient (Wildman–Crippen LogP) is 1.59. The van der Waals surface area contributed by atoms with Gasteiger partial charge in [0.25, 0.3) is 0 Å². The Morgan fingerprint density at radius 1 is 1.41 bits per heavy atom. The van der Waals surface area contributed by atoms with Crippen molar-refractivity contribution in [2.24, 2.45) is 0 Å². The van der Waals surface area contributed by atoms with Gasteiger partial charge in [-0.15, -0.1) is 0 Å². The second kappa shape index (κ2) is 5.54. The van der Waals surface area contributed by atoms with Crippen molar-refractivity contribution in [1.82, 2.24) is 20.4 Å². The van der Waals surface area contributed by atoms with E-state index in [2.05, 4.69) is 20.4 Å². The van der Waals surface area contributed by atoms with Gasteiger partial charge in [0.15, 0.2) is 0 Å². The van der Waals surface area contributed by atoms with Crippen molar-refractivity contribution in [3.63, 3.8) is 0 Å². The van der Waals surface area contributed by atoms with Crippen LogP contribution >= 0.6 is 0 Å². The highest BCUT2D eigenvalue weighted by Gasteiger charge is 2.10. The number of pyridine rings is 1. The zero-order valence-electron chi connectivity index (χ0n) is 10.1. The summed E-state index contributed by atoms with van der Waals surface area (Å²) in [5, 5.41) is 7.07. The van der Waals surface area contributed by atoms with Gasteiger partial charge in [-0.25, -0.2) is 0 Å². The van der Waals surface area contributed by atoms with Gasteiger partial charge < -0.3 is 9.84 Å². The fourth-order valence-corrected chi connectivity index (χ4v) is 1.58. The number of aromatic nitrogens is 3. The standard InChI is InChI=1S/C12H16N4O/c1-9-5-7-14-8-10(9)12-15-11(17-16-12)4-3-6-13-2/h5,7-8,13H,3-4,6H2,1-2H3. The Labute approximate surface area is 100 Å². The molecule has 2 heterocycles. The Bertz CT molecular complexity index is 481. The summed E-state index contributed by atoms with van der Waals surface area (Å²) >= 11 is 0. The molecule has 0 unspecified atom stereocenters. The average molecular weight is 232 g/mol. The third kappa shape index (κ3) is 2.88. The van der Waals surface area contributed by atoms with Crippen LogP contribution in [0.4, 0.5) is 0 Å². The Kier molecular flexibility index (Phi) is 3.82. The lowest BCUT2D eigenvalue weighted by molar-refractivity contribution is 0.375. The van der Waals surface area contributed by atoms with E-state index in [9.17, 15) is 0 Å². The first kappa shape index (κ1) is 11.7. The molecule has 0 saturated heterocycles. The molecule has 5 heteroatoms. The van der Waals surface area contributed by atoms with Crippen LogP contribution in [-0.2, 0) is 6.42 Å².